The van der Waals surface area contributed by atoms with Crippen molar-refractivity contribution in [2.75, 3.05) is 9.80 Å². The molecule has 0 aliphatic heterocycles. The third-order valence-electron chi connectivity index (χ3n) is 15.2. The Morgan fingerprint density at radius 1 is 0.273 bits per heavy atom. The van der Waals surface area contributed by atoms with Gasteiger partial charge in [0.05, 0.1) is 11.4 Å². The summed E-state index contributed by atoms with van der Waals surface area (Å²) in [4.78, 5) is 4.86. The van der Waals surface area contributed by atoms with Gasteiger partial charge in [0.2, 0.25) is 0 Å². The Morgan fingerprint density at radius 3 is 0.803 bits per heavy atom. The molecule has 0 N–H and O–H groups in total. The fourth-order valence-corrected chi connectivity index (χ4v) is 10.5. The van der Waals surface area contributed by atoms with E-state index in [2.05, 4.69) is 214 Å². The molecule has 0 bridgehead atoms. The summed E-state index contributed by atoms with van der Waals surface area (Å²) < 4.78 is 14.1. The molecule has 0 unspecified atom stereocenters. The third-order valence-corrected chi connectivity index (χ3v) is 15.2. The Morgan fingerprint density at radius 2 is 0.530 bits per heavy atom. The summed E-state index contributed by atoms with van der Waals surface area (Å²) in [5.74, 6) is 0. The van der Waals surface area contributed by atoms with Crippen molar-refractivity contribution in [3.05, 3.63) is 188 Å². The molecule has 2 aromatic heterocycles. The molecular weight excluding hydrogens is 805 g/mol. The number of nitrogens with zero attached hydrogens (tertiary/aromatic N) is 2. The standard InChI is InChI=1S/C62H56N2O2/c1-33-21-45(22-34(2)41(33)9)63(46-23-35(3)42(10)36(4)24-46)55-31-59-61(51-19-15-13-17-49(51)55)53-29-58-54(30-57(53)65-59)62-52-20-16-14-18-50(52)56(32-60(62)66-58)64(47-25-37(5)43(11)38(6)26-47)48-27-39(7)44(12)40(8)28-48/h13-32H,1-12H3. The summed E-state index contributed by atoms with van der Waals surface area (Å²) in [6.07, 6.45) is 0. The van der Waals surface area contributed by atoms with Crippen LogP contribution in [0.15, 0.2) is 130 Å². The van der Waals surface area contributed by atoms with Crippen molar-refractivity contribution in [1.82, 2.24) is 0 Å². The van der Waals surface area contributed by atoms with Crippen LogP contribution in [0, 0.1) is 83.1 Å². The van der Waals surface area contributed by atoms with Crippen LogP contribution < -0.4 is 9.80 Å². The number of aryl methyl sites for hydroxylation is 8. The Kier molecular flexibility index (Phi) is 9.50. The molecule has 0 aliphatic rings. The van der Waals surface area contributed by atoms with E-state index in [0.29, 0.717) is 0 Å². The summed E-state index contributed by atoms with van der Waals surface area (Å²) in [5, 5.41) is 8.85. The smallest absolute Gasteiger partial charge is 0.138 e. The van der Waals surface area contributed by atoms with Crippen LogP contribution in [-0.4, -0.2) is 0 Å². The maximum absolute atomic E-state index is 7.06. The van der Waals surface area contributed by atoms with E-state index < -0.39 is 0 Å². The van der Waals surface area contributed by atoms with Gasteiger partial charge < -0.3 is 18.6 Å². The quantitative estimate of drug-likeness (QED) is 0.167. The predicted molar refractivity (Wildman–Crippen MR) is 282 cm³/mol. The van der Waals surface area contributed by atoms with Crippen molar-refractivity contribution in [1.29, 1.82) is 0 Å². The normalized spacial score (nSPS) is 11.9. The first-order chi connectivity index (χ1) is 31.7. The van der Waals surface area contributed by atoms with Crippen LogP contribution in [0.5, 0.6) is 0 Å². The lowest BCUT2D eigenvalue weighted by Gasteiger charge is -2.29. The molecule has 0 amide bonds. The molecule has 0 radical (unpaired) electrons. The molecule has 11 aromatic rings. The Hall–Kier alpha value is -7.30. The summed E-state index contributed by atoms with van der Waals surface area (Å²) in [6.45, 7) is 26.6. The van der Waals surface area contributed by atoms with Gasteiger partial charge in [-0.2, -0.15) is 0 Å². The molecule has 2 heterocycles. The second kappa shape index (κ2) is 15.1. The summed E-state index contributed by atoms with van der Waals surface area (Å²) >= 11 is 0. The second-order valence-electron chi connectivity index (χ2n) is 19.2. The zero-order valence-corrected chi connectivity index (χ0v) is 40.3. The summed E-state index contributed by atoms with van der Waals surface area (Å²) in [7, 11) is 0. The molecule has 0 atom stereocenters. The molecule has 9 aromatic carbocycles. The number of fused-ring (bicyclic) bond motifs is 10. The van der Waals surface area contributed by atoms with Gasteiger partial charge in [0.25, 0.3) is 0 Å². The van der Waals surface area contributed by atoms with Crippen LogP contribution in [0.2, 0.25) is 0 Å². The average molecular weight is 861 g/mol. The maximum atomic E-state index is 7.06. The van der Waals surface area contributed by atoms with Crippen LogP contribution in [0.3, 0.4) is 0 Å². The number of rotatable bonds is 6. The van der Waals surface area contributed by atoms with E-state index in [-0.39, 0.29) is 0 Å². The van der Waals surface area contributed by atoms with Crippen LogP contribution in [-0.2, 0) is 0 Å². The lowest BCUT2D eigenvalue weighted by atomic mass is 9.97. The SMILES string of the molecule is Cc1cc(N(c2cc(C)c(C)c(C)c2)c2cc3oc4cc5c(cc4c3c3ccccc23)oc2cc(N(c3cc(C)c(C)c(C)c3)c3cc(C)c(C)c(C)c3)c3ccccc3c25)cc(C)c1C. The van der Waals surface area contributed by atoms with Gasteiger partial charge >= 0.3 is 0 Å². The minimum absolute atomic E-state index is 0.837. The van der Waals surface area contributed by atoms with Gasteiger partial charge in [-0.1, -0.05) is 48.5 Å². The first-order valence-corrected chi connectivity index (χ1v) is 23.2. The Bertz CT molecular complexity index is 3400. The predicted octanol–water partition coefficient (Wildman–Crippen LogP) is 18.4. The van der Waals surface area contributed by atoms with Crippen molar-refractivity contribution in [2.24, 2.45) is 0 Å². The number of furan rings is 2. The maximum Gasteiger partial charge on any atom is 0.138 e. The van der Waals surface area contributed by atoms with E-state index >= 15 is 0 Å². The van der Waals surface area contributed by atoms with Crippen LogP contribution >= 0.6 is 0 Å². The molecular formula is C62H56N2O2. The van der Waals surface area contributed by atoms with E-state index in [1.807, 2.05) is 0 Å². The third kappa shape index (κ3) is 6.33. The number of benzene rings is 9. The van der Waals surface area contributed by atoms with Crippen molar-refractivity contribution < 1.29 is 8.83 Å². The number of anilines is 6. The lowest BCUT2D eigenvalue weighted by molar-refractivity contribution is 0.664. The van der Waals surface area contributed by atoms with Crippen molar-refractivity contribution in [3.8, 4) is 0 Å². The first kappa shape index (κ1) is 41.4. The fourth-order valence-electron chi connectivity index (χ4n) is 10.5. The lowest BCUT2D eigenvalue weighted by Crippen LogP contribution is -2.12. The summed E-state index contributed by atoms with van der Waals surface area (Å²) in [6, 6.07) is 45.1. The molecule has 66 heavy (non-hydrogen) atoms. The number of hydrogen-bond acceptors (Lipinski definition) is 4. The molecule has 0 spiro atoms. The topological polar surface area (TPSA) is 32.8 Å². The monoisotopic (exact) mass is 860 g/mol. The summed E-state index contributed by atoms with van der Waals surface area (Å²) in [5.41, 5.74) is 25.5. The molecule has 0 aliphatic carbocycles. The zero-order valence-electron chi connectivity index (χ0n) is 40.3. The molecule has 4 heteroatoms. The Balaban J connectivity index is 1.16. The van der Waals surface area contributed by atoms with Gasteiger partial charge in [0.1, 0.15) is 22.3 Å². The minimum Gasteiger partial charge on any atom is -0.456 e. The highest BCUT2D eigenvalue weighted by Gasteiger charge is 2.25. The van der Waals surface area contributed by atoms with E-state index in [0.717, 1.165) is 99.5 Å². The van der Waals surface area contributed by atoms with Crippen LogP contribution in [0.1, 0.15) is 66.8 Å². The second-order valence-corrected chi connectivity index (χ2v) is 19.2. The molecule has 0 fully saturated rings. The Labute approximate surface area is 387 Å². The largest absolute Gasteiger partial charge is 0.456 e. The highest BCUT2D eigenvalue weighted by Crippen LogP contribution is 2.49. The molecule has 326 valence electrons. The van der Waals surface area contributed by atoms with E-state index in [9.17, 15) is 0 Å². The van der Waals surface area contributed by atoms with E-state index in [1.54, 1.807) is 0 Å². The van der Waals surface area contributed by atoms with Gasteiger partial charge in [0, 0.05) is 67.2 Å². The molecule has 4 nitrogen and oxygen atoms in total. The fraction of sp³-hybridized carbons (Fsp3) is 0.194. The van der Waals surface area contributed by atoms with Crippen molar-refractivity contribution in [3.63, 3.8) is 0 Å². The highest BCUT2D eigenvalue weighted by atomic mass is 16.3. The number of hydrogen-bond donors (Lipinski definition) is 0. The van der Waals surface area contributed by atoms with E-state index in [1.165, 1.54) is 66.8 Å². The van der Waals surface area contributed by atoms with Gasteiger partial charge in [-0.25, -0.2) is 0 Å². The average Bonchev–Trinajstić information content (AvgIpc) is 3.84. The van der Waals surface area contributed by atoms with Gasteiger partial charge in [-0.3, -0.25) is 0 Å². The molecule has 0 saturated heterocycles. The van der Waals surface area contributed by atoms with Gasteiger partial charge in [0.15, 0.2) is 0 Å². The van der Waals surface area contributed by atoms with Gasteiger partial charge in [-0.05, 0) is 221 Å². The van der Waals surface area contributed by atoms with E-state index in [4.69, 9.17) is 8.83 Å². The van der Waals surface area contributed by atoms with Crippen molar-refractivity contribution >= 4 is 99.5 Å². The van der Waals surface area contributed by atoms with Gasteiger partial charge in [-0.15, -0.1) is 0 Å². The van der Waals surface area contributed by atoms with Crippen LogP contribution in [0.25, 0.3) is 65.4 Å². The molecule has 11 rings (SSSR count). The molecule has 0 saturated carbocycles. The van der Waals surface area contributed by atoms with Crippen molar-refractivity contribution in [2.45, 2.75) is 83.1 Å². The highest BCUT2D eigenvalue weighted by molar-refractivity contribution is 6.28. The first-order valence-electron chi connectivity index (χ1n) is 23.2. The van der Waals surface area contributed by atoms with Crippen LogP contribution in [0.4, 0.5) is 34.1 Å². The zero-order chi connectivity index (χ0) is 46.0. The minimum atomic E-state index is 0.837.